The van der Waals surface area contributed by atoms with E-state index in [0.717, 1.165) is 16.7 Å². The minimum Gasteiger partial charge on any atom is -0.288 e. The van der Waals surface area contributed by atoms with Crippen LogP contribution in [0.5, 0.6) is 0 Å². The lowest BCUT2D eigenvalue weighted by atomic mass is 9.78. The summed E-state index contributed by atoms with van der Waals surface area (Å²) in [6, 6.07) is 12.2. The monoisotopic (exact) mass is 416 g/mol. The third-order valence-electron chi connectivity index (χ3n) is 5.48. The molecule has 29 heavy (non-hydrogen) atoms. The van der Waals surface area contributed by atoms with Crippen LogP contribution in [0.15, 0.2) is 47.4 Å². The number of nitrogens with one attached hydrogen (secondary N) is 1. The summed E-state index contributed by atoms with van der Waals surface area (Å²) in [6.45, 7) is 10.7. The minimum absolute atomic E-state index is 0.0487. The van der Waals surface area contributed by atoms with Crippen LogP contribution in [0.3, 0.4) is 0 Å². The maximum Gasteiger partial charge on any atom is 0.274 e. The van der Waals surface area contributed by atoms with Crippen LogP contribution in [0.1, 0.15) is 61.7 Å². The Bertz CT molecular complexity index is 1040. The number of carbonyl (C=O) groups is 1. The number of hydrogen-bond acceptors (Lipinski definition) is 4. The van der Waals surface area contributed by atoms with Crippen LogP contribution in [0, 0.1) is 0 Å². The van der Waals surface area contributed by atoms with E-state index in [-0.39, 0.29) is 16.9 Å². The van der Waals surface area contributed by atoms with Gasteiger partial charge in [-0.05, 0) is 46.4 Å². The van der Waals surface area contributed by atoms with Crippen LogP contribution in [0.2, 0.25) is 0 Å². The van der Waals surface area contributed by atoms with Crippen molar-refractivity contribution >= 4 is 15.9 Å². The van der Waals surface area contributed by atoms with E-state index in [4.69, 9.17) is 5.21 Å². The van der Waals surface area contributed by atoms with Crippen molar-refractivity contribution in [2.75, 3.05) is 6.54 Å². The zero-order valence-electron chi connectivity index (χ0n) is 17.5. The van der Waals surface area contributed by atoms with Gasteiger partial charge < -0.3 is 0 Å². The summed E-state index contributed by atoms with van der Waals surface area (Å²) in [5.74, 6) is -0.586. The molecule has 1 heterocycles. The summed E-state index contributed by atoms with van der Waals surface area (Å²) in [5.41, 5.74) is 4.29. The third kappa shape index (κ3) is 4.08. The predicted molar refractivity (Wildman–Crippen MR) is 111 cm³/mol. The Morgan fingerprint density at radius 2 is 1.72 bits per heavy atom. The molecule has 0 aromatic heterocycles. The maximum absolute atomic E-state index is 13.3. The lowest BCUT2D eigenvalue weighted by molar-refractivity contribution is 0.0706. The van der Waals surface area contributed by atoms with E-state index in [9.17, 15) is 13.2 Å². The van der Waals surface area contributed by atoms with Crippen molar-refractivity contribution in [1.82, 2.24) is 9.79 Å². The molecule has 0 saturated heterocycles. The van der Waals surface area contributed by atoms with E-state index in [1.807, 2.05) is 26.0 Å². The van der Waals surface area contributed by atoms with Gasteiger partial charge in [0, 0.05) is 24.1 Å². The minimum atomic E-state index is -3.66. The summed E-state index contributed by atoms with van der Waals surface area (Å²) < 4.78 is 28.1. The Morgan fingerprint density at radius 3 is 2.28 bits per heavy atom. The predicted octanol–water partition coefficient (Wildman–Crippen LogP) is 3.59. The molecule has 2 aromatic carbocycles. The molecule has 6 nitrogen and oxygen atoms in total. The van der Waals surface area contributed by atoms with Crippen LogP contribution in [0.25, 0.3) is 0 Å². The molecule has 0 spiro atoms. The number of carbonyl (C=O) groups excluding carboxylic acids is 1. The van der Waals surface area contributed by atoms with Gasteiger partial charge in [0.05, 0.1) is 4.90 Å². The molecular weight excluding hydrogens is 388 g/mol. The molecule has 1 aliphatic rings. The van der Waals surface area contributed by atoms with Gasteiger partial charge in [-0.25, -0.2) is 13.9 Å². The highest BCUT2D eigenvalue weighted by atomic mass is 32.2. The Kier molecular flexibility index (Phi) is 5.36. The first-order chi connectivity index (χ1) is 13.4. The van der Waals surface area contributed by atoms with E-state index in [1.54, 1.807) is 35.8 Å². The summed E-state index contributed by atoms with van der Waals surface area (Å²) >= 11 is 0. The van der Waals surface area contributed by atoms with Crippen molar-refractivity contribution in [3.05, 3.63) is 64.7 Å². The molecule has 0 saturated carbocycles. The third-order valence-corrected chi connectivity index (χ3v) is 7.29. The van der Waals surface area contributed by atoms with Gasteiger partial charge in [-0.2, -0.15) is 4.31 Å². The molecule has 0 unspecified atom stereocenters. The lowest BCUT2D eigenvalue weighted by Gasteiger charge is -2.39. The zero-order valence-corrected chi connectivity index (χ0v) is 18.3. The van der Waals surface area contributed by atoms with E-state index >= 15 is 0 Å². The summed E-state index contributed by atoms with van der Waals surface area (Å²) in [4.78, 5) is 12.0. The molecule has 3 rings (SSSR count). The van der Waals surface area contributed by atoms with E-state index in [2.05, 4.69) is 20.8 Å². The fraction of sp³-hybridized carbons (Fsp3) is 0.409. The molecule has 1 aliphatic heterocycles. The number of hydroxylamine groups is 1. The number of sulfonamides is 1. The van der Waals surface area contributed by atoms with Gasteiger partial charge in [0.2, 0.25) is 10.0 Å². The first kappa shape index (κ1) is 21.5. The van der Waals surface area contributed by atoms with E-state index in [0.29, 0.717) is 12.1 Å². The molecule has 7 heteroatoms. The Labute approximate surface area is 172 Å². The van der Waals surface area contributed by atoms with Crippen LogP contribution in [0.4, 0.5) is 0 Å². The van der Waals surface area contributed by atoms with Gasteiger partial charge in [-0.3, -0.25) is 10.0 Å². The van der Waals surface area contributed by atoms with Crippen molar-refractivity contribution in [2.45, 2.75) is 56.9 Å². The van der Waals surface area contributed by atoms with Crippen LogP contribution in [-0.2, 0) is 27.4 Å². The highest BCUT2D eigenvalue weighted by Crippen LogP contribution is 2.36. The number of benzene rings is 2. The van der Waals surface area contributed by atoms with Crippen molar-refractivity contribution in [3.8, 4) is 0 Å². The van der Waals surface area contributed by atoms with Gasteiger partial charge in [0.25, 0.3) is 5.91 Å². The summed E-state index contributed by atoms with van der Waals surface area (Å²) in [7, 11) is -3.66. The second kappa shape index (κ2) is 7.23. The van der Waals surface area contributed by atoms with Gasteiger partial charge in [-0.15, -0.1) is 0 Å². The summed E-state index contributed by atoms with van der Waals surface area (Å²) in [6.07, 6.45) is 0. The second-order valence-electron chi connectivity index (χ2n) is 9.24. The lowest BCUT2D eigenvalue weighted by Crippen LogP contribution is -2.45. The van der Waals surface area contributed by atoms with E-state index in [1.165, 1.54) is 4.31 Å². The first-order valence-electron chi connectivity index (χ1n) is 9.55. The maximum atomic E-state index is 13.3. The normalized spacial score (nSPS) is 16.9. The van der Waals surface area contributed by atoms with E-state index < -0.39 is 21.3 Å². The smallest absolute Gasteiger partial charge is 0.274 e. The van der Waals surface area contributed by atoms with Gasteiger partial charge in [0.15, 0.2) is 0 Å². The quantitative estimate of drug-likeness (QED) is 0.591. The van der Waals surface area contributed by atoms with Gasteiger partial charge in [-0.1, -0.05) is 52.8 Å². The number of nitrogens with zero attached hydrogens (tertiary/aromatic N) is 1. The molecule has 1 amide bonds. The Hall–Kier alpha value is -2.22. The number of amides is 1. The molecule has 2 N–H and O–H groups in total. The molecule has 2 aromatic rings. The van der Waals surface area contributed by atoms with Crippen LogP contribution >= 0.6 is 0 Å². The molecule has 156 valence electrons. The standard InChI is InChI=1S/C22H28N2O4S/c1-21(2,3)17-8-10-18(11-9-17)29(27,28)24-13-16-7-6-15(20(25)23-26)12-19(16)22(4,5)14-24/h6-12,26H,13-14H2,1-5H3,(H,23,25). The fourth-order valence-electron chi connectivity index (χ4n) is 3.77. The van der Waals surface area contributed by atoms with Crippen molar-refractivity contribution in [3.63, 3.8) is 0 Å². The average molecular weight is 417 g/mol. The largest absolute Gasteiger partial charge is 0.288 e. The molecule has 0 atom stereocenters. The SMILES string of the molecule is CC(C)(C)c1ccc(S(=O)(=O)N2Cc3ccc(C(=O)NO)cc3C(C)(C)C2)cc1. The molecule has 0 radical (unpaired) electrons. The topological polar surface area (TPSA) is 86.7 Å². The van der Waals surface area contributed by atoms with Crippen molar-refractivity contribution in [2.24, 2.45) is 0 Å². The van der Waals surface area contributed by atoms with Crippen molar-refractivity contribution in [1.29, 1.82) is 0 Å². The number of rotatable bonds is 3. The zero-order chi connectivity index (χ0) is 21.6. The number of hydrogen-bond donors (Lipinski definition) is 2. The second-order valence-corrected chi connectivity index (χ2v) is 11.2. The number of fused-ring (bicyclic) bond motifs is 1. The Morgan fingerprint density at radius 1 is 1.10 bits per heavy atom. The molecular formula is C22H28N2O4S. The van der Waals surface area contributed by atoms with Gasteiger partial charge in [0.1, 0.15) is 0 Å². The summed E-state index contributed by atoms with van der Waals surface area (Å²) in [5, 5.41) is 8.88. The highest BCUT2D eigenvalue weighted by molar-refractivity contribution is 7.89. The van der Waals surface area contributed by atoms with Crippen LogP contribution in [-0.4, -0.2) is 30.4 Å². The first-order valence-corrected chi connectivity index (χ1v) is 11.0. The average Bonchev–Trinajstić information content (AvgIpc) is 2.66. The fourth-order valence-corrected chi connectivity index (χ4v) is 5.35. The van der Waals surface area contributed by atoms with Crippen molar-refractivity contribution < 1.29 is 18.4 Å². The van der Waals surface area contributed by atoms with Crippen LogP contribution < -0.4 is 5.48 Å². The molecule has 0 fully saturated rings. The Balaban J connectivity index is 1.96. The molecule has 0 aliphatic carbocycles. The highest BCUT2D eigenvalue weighted by Gasteiger charge is 2.38. The van der Waals surface area contributed by atoms with Gasteiger partial charge >= 0.3 is 0 Å². The molecule has 0 bridgehead atoms.